The third-order valence-electron chi connectivity index (χ3n) is 4.79. The topological polar surface area (TPSA) is 26.0 Å². The lowest BCUT2D eigenvalue weighted by atomic mass is 9.69. The van der Waals surface area contributed by atoms with Crippen molar-refractivity contribution >= 4 is 0 Å². The molecule has 0 heterocycles. The van der Waals surface area contributed by atoms with E-state index in [2.05, 4.69) is 69.2 Å². The molecule has 0 radical (unpaired) electrons. The van der Waals surface area contributed by atoms with E-state index in [0.717, 1.165) is 12.3 Å². The van der Waals surface area contributed by atoms with E-state index in [1.165, 1.54) is 25.7 Å². The fourth-order valence-corrected chi connectivity index (χ4v) is 4.00. The summed E-state index contributed by atoms with van der Waals surface area (Å²) in [6, 6.07) is 0.338. The maximum absolute atomic E-state index is 6.44. The molecule has 0 amide bonds. The third-order valence-corrected chi connectivity index (χ3v) is 4.79. The van der Waals surface area contributed by atoms with E-state index in [0.29, 0.717) is 28.2 Å². The van der Waals surface area contributed by atoms with E-state index < -0.39 is 0 Å². The van der Waals surface area contributed by atoms with Crippen LogP contribution in [0.15, 0.2) is 0 Å². The standard InChI is InChI=1S/C21H45N/c1-11-18(22)17(21(8,9)10)13-12-16(14-19(2,3)4)15-20(5,6)7/h16-18H,11-15,22H2,1-10H3. The maximum atomic E-state index is 6.44. The second kappa shape index (κ2) is 8.18. The molecule has 134 valence electrons. The van der Waals surface area contributed by atoms with Crippen LogP contribution in [0.4, 0.5) is 0 Å². The van der Waals surface area contributed by atoms with Gasteiger partial charge in [0.15, 0.2) is 0 Å². The van der Waals surface area contributed by atoms with Crippen LogP contribution < -0.4 is 5.73 Å². The molecule has 2 N–H and O–H groups in total. The maximum Gasteiger partial charge on any atom is 0.00695 e. The van der Waals surface area contributed by atoms with E-state index in [9.17, 15) is 0 Å². The summed E-state index contributed by atoms with van der Waals surface area (Å²) in [6.45, 7) is 23.6. The van der Waals surface area contributed by atoms with Gasteiger partial charge in [0.2, 0.25) is 0 Å². The highest BCUT2D eigenvalue weighted by atomic mass is 14.7. The molecule has 0 saturated heterocycles. The van der Waals surface area contributed by atoms with Gasteiger partial charge in [-0.05, 0) is 53.8 Å². The number of hydrogen-bond acceptors (Lipinski definition) is 1. The summed E-state index contributed by atoms with van der Waals surface area (Å²) in [4.78, 5) is 0. The summed E-state index contributed by atoms with van der Waals surface area (Å²) in [6.07, 6.45) is 6.33. The van der Waals surface area contributed by atoms with Gasteiger partial charge in [-0.3, -0.25) is 0 Å². The fraction of sp³-hybridized carbons (Fsp3) is 1.00. The Morgan fingerprint density at radius 2 is 1.14 bits per heavy atom. The SMILES string of the molecule is CCC(N)C(CCC(CC(C)(C)C)CC(C)(C)C)C(C)(C)C. The quantitative estimate of drug-likeness (QED) is 0.559. The Bertz CT molecular complexity index is 281. The van der Waals surface area contributed by atoms with E-state index >= 15 is 0 Å². The zero-order valence-corrected chi connectivity index (χ0v) is 17.3. The molecule has 0 spiro atoms. The molecule has 0 aliphatic rings. The summed E-state index contributed by atoms with van der Waals surface area (Å²) < 4.78 is 0. The van der Waals surface area contributed by atoms with Crippen molar-refractivity contribution in [2.24, 2.45) is 33.8 Å². The summed E-state index contributed by atoms with van der Waals surface area (Å²) in [5, 5.41) is 0. The highest BCUT2D eigenvalue weighted by Crippen LogP contribution is 2.39. The summed E-state index contributed by atoms with van der Waals surface area (Å²) in [5.74, 6) is 1.44. The lowest BCUT2D eigenvalue weighted by Gasteiger charge is -2.38. The van der Waals surface area contributed by atoms with Crippen molar-refractivity contribution in [3.63, 3.8) is 0 Å². The van der Waals surface area contributed by atoms with Crippen LogP contribution >= 0.6 is 0 Å². The Labute approximate surface area is 141 Å². The van der Waals surface area contributed by atoms with Crippen LogP contribution in [0.3, 0.4) is 0 Å². The highest BCUT2D eigenvalue weighted by Gasteiger charge is 2.31. The lowest BCUT2D eigenvalue weighted by molar-refractivity contribution is 0.148. The van der Waals surface area contributed by atoms with Crippen molar-refractivity contribution in [3.8, 4) is 0 Å². The minimum Gasteiger partial charge on any atom is -0.327 e. The highest BCUT2D eigenvalue weighted by molar-refractivity contribution is 4.84. The molecule has 1 nitrogen and oxygen atoms in total. The van der Waals surface area contributed by atoms with Gasteiger partial charge in [0.05, 0.1) is 0 Å². The molecule has 22 heavy (non-hydrogen) atoms. The Morgan fingerprint density at radius 3 is 1.41 bits per heavy atom. The number of rotatable bonds is 7. The van der Waals surface area contributed by atoms with E-state index in [-0.39, 0.29) is 0 Å². The van der Waals surface area contributed by atoms with Crippen molar-refractivity contribution in [2.45, 2.75) is 107 Å². The fourth-order valence-electron chi connectivity index (χ4n) is 4.00. The monoisotopic (exact) mass is 311 g/mol. The second-order valence-corrected chi connectivity index (χ2v) is 11.0. The number of nitrogens with two attached hydrogens (primary N) is 1. The normalized spacial score (nSPS) is 16.9. The molecule has 0 aromatic carbocycles. The molecule has 0 fully saturated rings. The van der Waals surface area contributed by atoms with Crippen molar-refractivity contribution in [1.29, 1.82) is 0 Å². The molecule has 0 aromatic rings. The zero-order valence-electron chi connectivity index (χ0n) is 17.3. The summed E-state index contributed by atoms with van der Waals surface area (Å²) in [7, 11) is 0. The first kappa shape index (κ1) is 22.0. The molecular formula is C21H45N. The first-order chi connectivity index (χ1) is 9.65. The predicted octanol–water partition coefficient (Wildman–Crippen LogP) is 6.65. The molecular weight excluding hydrogens is 266 g/mol. The largest absolute Gasteiger partial charge is 0.327 e. The van der Waals surface area contributed by atoms with Crippen LogP contribution in [0.1, 0.15) is 101 Å². The average molecular weight is 312 g/mol. The first-order valence-corrected chi connectivity index (χ1v) is 9.41. The van der Waals surface area contributed by atoms with Crippen LogP contribution in [0.2, 0.25) is 0 Å². The molecule has 0 bridgehead atoms. The van der Waals surface area contributed by atoms with Crippen LogP contribution in [0.25, 0.3) is 0 Å². The van der Waals surface area contributed by atoms with Crippen molar-refractivity contribution < 1.29 is 0 Å². The van der Waals surface area contributed by atoms with Gasteiger partial charge in [-0.1, -0.05) is 75.7 Å². The minimum atomic E-state index is 0.309. The molecule has 2 atom stereocenters. The smallest absolute Gasteiger partial charge is 0.00695 e. The molecule has 2 unspecified atom stereocenters. The molecule has 0 saturated carbocycles. The Kier molecular flexibility index (Phi) is 8.16. The zero-order chi connectivity index (χ0) is 17.8. The molecule has 1 heteroatoms. The van der Waals surface area contributed by atoms with Gasteiger partial charge in [-0.2, -0.15) is 0 Å². The van der Waals surface area contributed by atoms with Gasteiger partial charge in [-0.15, -0.1) is 0 Å². The minimum absolute atomic E-state index is 0.309. The molecule has 0 rings (SSSR count). The van der Waals surface area contributed by atoms with Crippen LogP contribution in [-0.4, -0.2) is 6.04 Å². The van der Waals surface area contributed by atoms with Gasteiger partial charge in [0.1, 0.15) is 0 Å². The number of hydrogen-bond donors (Lipinski definition) is 1. The van der Waals surface area contributed by atoms with E-state index in [1.54, 1.807) is 0 Å². The van der Waals surface area contributed by atoms with Gasteiger partial charge >= 0.3 is 0 Å². The van der Waals surface area contributed by atoms with Gasteiger partial charge in [0, 0.05) is 6.04 Å². The summed E-state index contributed by atoms with van der Waals surface area (Å²) in [5.41, 5.74) is 7.59. The van der Waals surface area contributed by atoms with Crippen LogP contribution in [-0.2, 0) is 0 Å². The van der Waals surface area contributed by atoms with E-state index in [4.69, 9.17) is 5.73 Å². The van der Waals surface area contributed by atoms with Crippen molar-refractivity contribution in [3.05, 3.63) is 0 Å². The first-order valence-electron chi connectivity index (χ1n) is 9.41. The van der Waals surface area contributed by atoms with Crippen molar-refractivity contribution in [1.82, 2.24) is 0 Å². The Hall–Kier alpha value is -0.0400. The van der Waals surface area contributed by atoms with Crippen LogP contribution in [0.5, 0.6) is 0 Å². The lowest BCUT2D eigenvalue weighted by Crippen LogP contribution is -2.38. The van der Waals surface area contributed by atoms with E-state index in [1.807, 2.05) is 0 Å². The van der Waals surface area contributed by atoms with Gasteiger partial charge < -0.3 is 5.73 Å². The average Bonchev–Trinajstić information content (AvgIpc) is 2.22. The van der Waals surface area contributed by atoms with Gasteiger partial charge in [-0.25, -0.2) is 0 Å². The molecule has 0 aliphatic carbocycles. The van der Waals surface area contributed by atoms with Crippen molar-refractivity contribution in [2.75, 3.05) is 0 Å². The third kappa shape index (κ3) is 9.87. The van der Waals surface area contributed by atoms with Gasteiger partial charge in [0.25, 0.3) is 0 Å². The summed E-state index contributed by atoms with van der Waals surface area (Å²) >= 11 is 0. The van der Waals surface area contributed by atoms with Crippen LogP contribution in [0, 0.1) is 28.1 Å². The second-order valence-electron chi connectivity index (χ2n) is 11.0. The molecule has 0 aromatic heterocycles. The Balaban J connectivity index is 4.90. The Morgan fingerprint density at radius 1 is 0.727 bits per heavy atom. The predicted molar refractivity (Wildman–Crippen MR) is 102 cm³/mol. The molecule has 0 aliphatic heterocycles.